The number of fused-ring (bicyclic) bond motifs is 2. The van der Waals surface area contributed by atoms with Gasteiger partial charge in [-0.3, -0.25) is 4.72 Å². The summed E-state index contributed by atoms with van der Waals surface area (Å²) < 4.78 is 25.6. The lowest BCUT2D eigenvalue weighted by atomic mass is 9.92. The monoisotopic (exact) mass is 407 g/mol. The molecule has 1 aliphatic rings. The molecule has 4 rings (SSSR count). The smallest absolute Gasteiger partial charge is 0.229 e. The van der Waals surface area contributed by atoms with E-state index < -0.39 is 10.0 Å². The van der Waals surface area contributed by atoms with Crippen LogP contribution in [-0.4, -0.2) is 24.9 Å². The van der Waals surface area contributed by atoms with Crippen molar-refractivity contribution in [3.8, 4) is 11.5 Å². The van der Waals surface area contributed by atoms with Crippen LogP contribution in [0, 0.1) is 0 Å². The minimum atomic E-state index is -3.37. The Kier molecular flexibility index (Phi) is 4.80. The predicted octanol–water partition coefficient (Wildman–Crippen LogP) is 4.16. The highest BCUT2D eigenvalue weighted by Gasteiger charge is 2.19. The van der Waals surface area contributed by atoms with Gasteiger partial charge >= 0.3 is 0 Å². The van der Waals surface area contributed by atoms with Gasteiger partial charge in [0.05, 0.1) is 6.26 Å². The van der Waals surface area contributed by atoms with Gasteiger partial charge in [0.1, 0.15) is 11.5 Å². The maximum atomic E-state index is 11.6. The third-order valence-electron chi connectivity index (χ3n) is 4.92. The molecule has 3 N–H and O–H groups in total. The lowest BCUT2D eigenvalue weighted by Gasteiger charge is -2.13. The highest BCUT2D eigenvalue weighted by molar-refractivity contribution is 7.92. The number of aromatic hydroxyl groups is 2. The number of sulfonamides is 1. The number of aryl methyl sites for hydroxylation is 2. The van der Waals surface area contributed by atoms with E-state index in [1.807, 2.05) is 24.3 Å². The average Bonchev–Trinajstić information content (AvgIpc) is 2.77. The normalized spacial score (nSPS) is 13.2. The third kappa shape index (κ3) is 4.27. The van der Waals surface area contributed by atoms with Crippen LogP contribution in [-0.2, 0) is 22.9 Å². The van der Waals surface area contributed by atoms with E-state index in [0.29, 0.717) is 5.69 Å². The van der Waals surface area contributed by atoms with E-state index >= 15 is 0 Å². The maximum Gasteiger partial charge on any atom is 0.229 e. The molecule has 3 aromatic rings. The molecule has 0 bridgehead atoms. The van der Waals surface area contributed by atoms with Crippen molar-refractivity contribution in [1.29, 1.82) is 0 Å². The van der Waals surface area contributed by atoms with Crippen LogP contribution in [0.4, 0.5) is 5.69 Å². The molecule has 6 heteroatoms. The van der Waals surface area contributed by atoms with Crippen molar-refractivity contribution in [2.24, 2.45) is 0 Å². The lowest BCUT2D eigenvalue weighted by Crippen LogP contribution is -2.09. The van der Waals surface area contributed by atoms with E-state index in [2.05, 4.69) is 4.72 Å². The summed E-state index contributed by atoms with van der Waals surface area (Å²) in [5.74, 6) is 0.438. The Labute approximate surface area is 170 Å². The van der Waals surface area contributed by atoms with Gasteiger partial charge in [-0.15, -0.1) is 0 Å². The number of phenolic OH excluding ortho intramolecular Hbond substituents is 2. The maximum absolute atomic E-state index is 11.6. The van der Waals surface area contributed by atoms with Crippen LogP contribution < -0.4 is 4.72 Å². The highest BCUT2D eigenvalue weighted by Crippen LogP contribution is 2.37. The molecular formula is C23H21NO4S. The first-order chi connectivity index (χ1) is 13.8. The molecule has 0 aliphatic heterocycles. The van der Waals surface area contributed by atoms with Crippen molar-refractivity contribution in [3.05, 3.63) is 88.5 Å². The van der Waals surface area contributed by atoms with Gasteiger partial charge in [-0.2, -0.15) is 0 Å². The third-order valence-corrected chi connectivity index (χ3v) is 5.53. The van der Waals surface area contributed by atoms with Crippen LogP contribution in [0.3, 0.4) is 0 Å². The number of rotatable bonds is 3. The quantitative estimate of drug-likeness (QED) is 0.609. The van der Waals surface area contributed by atoms with E-state index in [-0.39, 0.29) is 11.5 Å². The highest BCUT2D eigenvalue weighted by atomic mass is 32.2. The zero-order valence-electron chi connectivity index (χ0n) is 15.9. The molecule has 0 unspecified atom stereocenters. The number of nitrogens with one attached hydrogen (secondary N) is 1. The van der Waals surface area contributed by atoms with E-state index in [1.165, 1.54) is 0 Å². The summed E-state index contributed by atoms with van der Waals surface area (Å²) >= 11 is 0. The summed E-state index contributed by atoms with van der Waals surface area (Å²) in [5, 5.41) is 19.9. The summed E-state index contributed by atoms with van der Waals surface area (Å²) in [7, 11) is -3.37. The molecule has 148 valence electrons. The number of hydrogen-bond donors (Lipinski definition) is 3. The number of hydrogen-bond acceptors (Lipinski definition) is 4. The molecule has 0 saturated carbocycles. The minimum Gasteiger partial charge on any atom is -0.508 e. The summed E-state index contributed by atoms with van der Waals surface area (Å²) in [5.41, 5.74) is 6.36. The fourth-order valence-corrected chi connectivity index (χ4v) is 4.30. The van der Waals surface area contributed by atoms with Crippen molar-refractivity contribution in [1.82, 2.24) is 0 Å². The second-order valence-electron chi connectivity index (χ2n) is 7.24. The first-order valence-electron chi connectivity index (χ1n) is 9.22. The molecule has 3 aromatic carbocycles. The van der Waals surface area contributed by atoms with Gasteiger partial charge in [0.15, 0.2) is 0 Å². The Morgan fingerprint density at radius 1 is 0.862 bits per heavy atom. The van der Waals surface area contributed by atoms with Gasteiger partial charge in [-0.05, 0) is 88.7 Å². The fraction of sp³-hybridized carbons (Fsp3) is 0.130. The van der Waals surface area contributed by atoms with Crippen molar-refractivity contribution in [3.63, 3.8) is 0 Å². The molecule has 0 saturated heterocycles. The SMILES string of the molecule is CS(=O)(=O)Nc1cccc(C=C2c3ccc(O)cc3CCc3cc(O)ccc32)c1. The van der Waals surface area contributed by atoms with Gasteiger partial charge < -0.3 is 10.2 Å². The lowest BCUT2D eigenvalue weighted by molar-refractivity contribution is 0.473. The largest absolute Gasteiger partial charge is 0.508 e. The Bertz CT molecular complexity index is 1170. The fourth-order valence-electron chi connectivity index (χ4n) is 3.74. The van der Waals surface area contributed by atoms with E-state index in [4.69, 9.17) is 0 Å². The van der Waals surface area contributed by atoms with Crippen LogP contribution in [0.15, 0.2) is 60.7 Å². The summed E-state index contributed by atoms with van der Waals surface area (Å²) in [4.78, 5) is 0. The van der Waals surface area contributed by atoms with Crippen LogP contribution >= 0.6 is 0 Å². The van der Waals surface area contributed by atoms with Gasteiger partial charge in [-0.25, -0.2) is 8.42 Å². The Morgan fingerprint density at radius 3 is 2.00 bits per heavy atom. The van der Waals surface area contributed by atoms with E-state index in [9.17, 15) is 18.6 Å². The summed E-state index contributed by atoms with van der Waals surface area (Å²) in [6, 6.07) is 17.9. The Morgan fingerprint density at radius 2 is 1.45 bits per heavy atom. The molecule has 0 atom stereocenters. The molecule has 29 heavy (non-hydrogen) atoms. The molecule has 0 amide bonds. The number of benzene rings is 3. The molecule has 0 radical (unpaired) electrons. The van der Waals surface area contributed by atoms with Crippen molar-refractivity contribution in [2.45, 2.75) is 12.8 Å². The van der Waals surface area contributed by atoms with E-state index in [0.717, 1.165) is 52.5 Å². The molecule has 0 heterocycles. The van der Waals surface area contributed by atoms with Crippen molar-refractivity contribution in [2.75, 3.05) is 11.0 Å². The minimum absolute atomic E-state index is 0.219. The average molecular weight is 407 g/mol. The zero-order chi connectivity index (χ0) is 20.6. The van der Waals surface area contributed by atoms with Gasteiger partial charge in [-0.1, -0.05) is 24.3 Å². The topological polar surface area (TPSA) is 86.6 Å². The van der Waals surface area contributed by atoms with Gasteiger partial charge in [0.2, 0.25) is 10.0 Å². The van der Waals surface area contributed by atoms with Crippen LogP contribution in [0.2, 0.25) is 0 Å². The molecule has 1 aliphatic carbocycles. The van der Waals surface area contributed by atoms with E-state index in [1.54, 1.807) is 42.5 Å². The van der Waals surface area contributed by atoms with Crippen molar-refractivity contribution >= 4 is 27.4 Å². The first kappa shape index (κ1) is 19.1. The summed E-state index contributed by atoms with van der Waals surface area (Å²) in [6.07, 6.45) is 4.61. The standard InChI is InChI=1S/C23H21NO4S/c1-29(27,28)24-18-4-2-3-15(11-18)12-23-21-9-7-19(25)13-16(21)5-6-17-14-20(26)8-10-22(17)23/h2-4,7-14,24-26H,5-6H2,1H3. The second kappa shape index (κ2) is 7.29. The zero-order valence-corrected chi connectivity index (χ0v) is 16.7. The summed E-state index contributed by atoms with van der Waals surface area (Å²) in [6.45, 7) is 0. The number of anilines is 1. The molecule has 0 spiro atoms. The Hall–Kier alpha value is -3.25. The van der Waals surface area contributed by atoms with Gasteiger partial charge in [0, 0.05) is 5.69 Å². The predicted molar refractivity (Wildman–Crippen MR) is 116 cm³/mol. The molecule has 5 nitrogen and oxygen atoms in total. The number of phenols is 2. The second-order valence-corrected chi connectivity index (χ2v) is 8.99. The Balaban J connectivity index is 1.89. The first-order valence-corrected chi connectivity index (χ1v) is 11.1. The van der Waals surface area contributed by atoms with Crippen LogP contribution in [0.1, 0.15) is 27.8 Å². The van der Waals surface area contributed by atoms with Crippen LogP contribution in [0.25, 0.3) is 11.6 Å². The molecule has 0 aromatic heterocycles. The molecular weight excluding hydrogens is 386 g/mol. The molecule has 0 fully saturated rings. The van der Waals surface area contributed by atoms with Crippen molar-refractivity contribution < 1.29 is 18.6 Å². The van der Waals surface area contributed by atoms with Gasteiger partial charge in [0.25, 0.3) is 0 Å². The van der Waals surface area contributed by atoms with Crippen LogP contribution in [0.5, 0.6) is 11.5 Å².